The van der Waals surface area contributed by atoms with Crippen molar-refractivity contribution < 1.29 is 18.7 Å². The molecule has 1 saturated carbocycles. The number of fused-ring (bicyclic) bond motifs is 1. The van der Waals surface area contributed by atoms with E-state index in [2.05, 4.69) is 78.9 Å². The van der Waals surface area contributed by atoms with Crippen molar-refractivity contribution in [1.82, 2.24) is 4.98 Å². The molecule has 4 aromatic carbocycles. The van der Waals surface area contributed by atoms with Crippen molar-refractivity contribution in [1.29, 1.82) is 0 Å². The van der Waals surface area contributed by atoms with Crippen LogP contribution in [0.2, 0.25) is 0 Å². The van der Waals surface area contributed by atoms with Crippen LogP contribution in [0.5, 0.6) is 11.5 Å². The van der Waals surface area contributed by atoms with Crippen molar-refractivity contribution in [3.05, 3.63) is 137 Å². The molecule has 0 atom stereocenters. The van der Waals surface area contributed by atoms with Gasteiger partial charge in [-0.15, -0.1) is 24.8 Å². The third-order valence-electron chi connectivity index (χ3n) is 11.5. The van der Waals surface area contributed by atoms with Gasteiger partial charge in [-0.05, 0) is 104 Å². The molecule has 5 aromatic rings. The van der Waals surface area contributed by atoms with Crippen LogP contribution >= 0.6 is 24.8 Å². The van der Waals surface area contributed by atoms with Crippen LogP contribution < -0.4 is 15.2 Å². The summed E-state index contributed by atoms with van der Waals surface area (Å²) in [5, 5.41) is 2.19. The fraction of sp³-hybridized carbons (Fsp3) is 0.391. The Morgan fingerprint density at radius 1 is 0.759 bits per heavy atom. The number of ketones is 1. The molecule has 0 amide bonds. The molecule has 1 heterocycles. The maximum atomic E-state index is 13.4. The minimum absolute atomic E-state index is 0. The first-order valence-corrected chi connectivity index (χ1v) is 19.0. The molecule has 0 aliphatic heterocycles. The molecule has 5 nitrogen and oxygen atoms in total. The van der Waals surface area contributed by atoms with Gasteiger partial charge in [0.2, 0.25) is 0 Å². The number of Topliss-reactive ketones (excluding diaryl/α,β-unsaturated/α-hetero) is 1. The zero-order valence-electron chi connectivity index (χ0n) is 31.7. The highest BCUT2D eigenvalue weighted by molar-refractivity contribution is 5.88. The van der Waals surface area contributed by atoms with Crippen molar-refractivity contribution in [2.75, 3.05) is 20.8 Å². The number of rotatable bonds is 17. The van der Waals surface area contributed by atoms with Gasteiger partial charge in [0.15, 0.2) is 11.5 Å². The Bertz CT molecular complexity index is 1880. The molecule has 0 saturated heterocycles. The van der Waals surface area contributed by atoms with Crippen molar-refractivity contribution in [3.63, 3.8) is 0 Å². The summed E-state index contributed by atoms with van der Waals surface area (Å²) in [6.07, 6.45) is 11.5. The Morgan fingerprint density at radius 2 is 1.35 bits per heavy atom. The van der Waals surface area contributed by atoms with E-state index in [-0.39, 0.29) is 47.2 Å². The van der Waals surface area contributed by atoms with Crippen LogP contribution in [-0.2, 0) is 28.5 Å². The molecule has 8 heteroatoms. The number of methoxy groups -OCH3 is 2. The Balaban J connectivity index is 0.00000325. The minimum Gasteiger partial charge on any atom is -0.493 e. The lowest BCUT2D eigenvalue weighted by molar-refractivity contribution is -0.119. The van der Waals surface area contributed by atoms with Crippen molar-refractivity contribution >= 4 is 41.4 Å². The van der Waals surface area contributed by atoms with E-state index >= 15 is 0 Å². The summed E-state index contributed by atoms with van der Waals surface area (Å²) in [7, 11) is 3.36. The Labute approximate surface area is 333 Å². The molecule has 1 aliphatic carbocycles. The highest BCUT2D eigenvalue weighted by atomic mass is 35.5. The first-order chi connectivity index (χ1) is 25.4. The van der Waals surface area contributed by atoms with Gasteiger partial charge in [-0.1, -0.05) is 92.1 Å². The number of aromatic nitrogens is 1. The van der Waals surface area contributed by atoms with Crippen LogP contribution in [0, 0.1) is 5.82 Å². The van der Waals surface area contributed by atoms with Crippen molar-refractivity contribution in [3.8, 4) is 11.5 Å². The number of benzene rings is 4. The molecule has 0 unspecified atom stereocenters. The van der Waals surface area contributed by atoms with E-state index in [1.807, 2.05) is 0 Å². The highest BCUT2D eigenvalue weighted by Crippen LogP contribution is 2.44. The molecule has 1 aromatic heterocycles. The molecule has 1 aliphatic rings. The predicted octanol–water partition coefficient (Wildman–Crippen LogP) is 11.1. The second kappa shape index (κ2) is 20.1. The second-order valence-electron chi connectivity index (χ2n) is 14.6. The van der Waals surface area contributed by atoms with Gasteiger partial charge in [-0.25, -0.2) is 4.39 Å². The average Bonchev–Trinajstić information content (AvgIpc) is 3.20. The largest absolute Gasteiger partial charge is 0.493 e. The second-order valence-corrected chi connectivity index (χ2v) is 14.6. The molecular formula is C46H55Cl2FN2O3. The summed E-state index contributed by atoms with van der Waals surface area (Å²) < 4.78 is 24.9. The maximum absolute atomic E-state index is 13.4. The zero-order valence-corrected chi connectivity index (χ0v) is 33.3. The SMILES string of the molecule is COc1cc2cc(C3(CN)CCCCC3)nc(CCCC(CCCC(=O)CCc3ccc(F)cc3)(c3ccccc3)c3ccccc3)c2cc1OC.Cl.Cl. The molecule has 2 N–H and O–H groups in total. The summed E-state index contributed by atoms with van der Waals surface area (Å²) in [6, 6.07) is 34.4. The lowest BCUT2D eigenvalue weighted by Crippen LogP contribution is -2.38. The van der Waals surface area contributed by atoms with E-state index in [1.165, 1.54) is 42.5 Å². The summed E-state index contributed by atoms with van der Waals surface area (Å²) in [5.74, 6) is 1.40. The number of hydrogen-bond donors (Lipinski definition) is 1. The van der Waals surface area contributed by atoms with E-state index < -0.39 is 0 Å². The fourth-order valence-electron chi connectivity index (χ4n) is 8.49. The van der Waals surface area contributed by atoms with Gasteiger partial charge in [0.05, 0.1) is 14.2 Å². The molecule has 54 heavy (non-hydrogen) atoms. The van der Waals surface area contributed by atoms with Crippen LogP contribution in [-0.4, -0.2) is 31.5 Å². The van der Waals surface area contributed by atoms with Gasteiger partial charge in [-0.3, -0.25) is 9.78 Å². The first kappa shape index (κ1) is 42.8. The number of halogens is 3. The van der Waals surface area contributed by atoms with E-state index in [9.17, 15) is 9.18 Å². The van der Waals surface area contributed by atoms with Gasteiger partial charge in [0.25, 0.3) is 0 Å². The smallest absolute Gasteiger partial charge is 0.161 e. The number of pyridine rings is 1. The minimum atomic E-state index is -0.282. The fourth-order valence-corrected chi connectivity index (χ4v) is 8.49. The number of aryl methyl sites for hydroxylation is 2. The third-order valence-corrected chi connectivity index (χ3v) is 11.5. The van der Waals surface area contributed by atoms with Crippen LogP contribution in [0.3, 0.4) is 0 Å². The van der Waals surface area contributed by atoms with Gasteiger partial charge < -0.3 is 15.2 Å². The Hall–Kier alpha value is -3.97. The van der Waals surface area contributed by atoms with Gasteiger partial charge in [0.1, 0.15) is 11.6 Å². The summed E-state index contributed by atoms with van der Waals surface area (Å²) in [5.41, 5.74) is 11.8. The normalized spacial score (nSPS) is 13.8. The Morgan fingerprint density at radius 3 is 1.94 bits per heavy atom. The number of ether oxygens (including phenoxy) is 2. The molecule has 1 fully saturated rings. The number of carbonyl (C=O) groups excluding carboxylic acids is 1. The van der Waals surface area contributed by atoms with Crippen LogP contribution in [0.25, 0.3) is 10.8 Å². The van der Waals surface area contributed by atoms with Crippen LogP contribution in [0.15, 0.2) is 103 Å². The monoisotopic (exact) mass is 772 g/mol. The topological polar surface area (TPSA) is 74.4 Å². The number of carbonyl (C=O) groups is 1. The summed E-state index contributed by atoms with van der Waals surface area (Å²) in [4.78, 5) is 18.6. The number of hydrogen-bond acceptors (Lipinski definition) is 5. The van der Waals surface area contributed by atoms with Gasteiger partial charge >= 0.3 is 0 Å². The standard InChI is InChI=1S/C46H53FN2O3.2ClH/c1-51-42-30-35-31-44(45(33-48)26-10-5-11-27-45)49-41(40(35)32-43(42)52-2)19-13-29-46(36-14-6-3-7-15-36,37-16-8-4-9-17-37)28-12-18-39(50)25-22-34-20-23-38(47)24-21-34;;/h3-4,6-9,14-17,20-21,23-24,30-32H,5,10-13,18-19,22,25-29,33,48H2,1-2H3;2*1H. The molecule has 0 radical (unpaired) electrons. The first-order valence-electron chi connectivity index (χ1n) is 19.0. The average molecular weight is 774 g/mol. The number of nitrogens with zero attached hydrogens (tertiary/aromatic N) is 1. The van der Waals surface area contributed by atoms with E-state index in [1.54, 1.807) is 26.4 Å². The van der Waals surface area contributed by atoms with Crippen molar-refractivity contribution in [2.24, 2.45) is 5.73 Å². The lowest BCUT2D eigenvalue weighted by Gasteiger charge is -2.37. The Kier molecular flexibility index (Phi) is 15.9. The quantitative estimate of drug-likeness (QED) is 0.102. The molecule has 6 rings (SSSR count). The third kappa shape index (κ3) is 9.82. The molecular weight excluding hydrogens is 718 g/mol. The molecule has 0 bridgehead atoms. The van der Waals surface area contributed by atoms with E-state index in [0.717, 1.165) is 72.7 Å². The van der Waals surface area contributed by atoms with Gasteiger partial charge in [-0.2, -0.15) is 0 Å². The lowest BCUT2D eigenvalue weighted by atomic mass is 9.68. The van der Waals surface area contributed by atoms with Crippen molar-refractivity contribution in [2.45, 2.75) is 94.3 Å². The maximum Gasteiger partial charge on any atom is 0.161 e. The van der Waals surface area contributed by atoms with Crippen LogP contribution in [0.1, 0.15) is 98.7 Å². The van der Waals surface area contributed by atoms with E-state index in [4.69, 9.17) is 20.2 Å². The predicted molar refractivity (Wildman–Crippen MR) is 223 cm³/mol. The molecule has 288 valence electrons. The molecule has 0 spiro atoms. The van der Waals surface area contributed by atoms with E-state index in [0.29, 0.717) is 37.3 Å². The summed E-state index contributed by atoms with van der Waals surface area (Å²) >= 11 is 0. The van der Waals surface area contributed by atoms with Crippen LogP contribution in [0.4, 0.5) is 4.39 Å². The summed E-state index contributed by atoms with van der Waals surface area (Å²) in [6.45, 7) is 0.589. The van der Waals surface area contributed by atoms with Gasteiger partial charge in [0, 0.05) is 47.0 Å². The zero-order chi connectivity index (χ0) is 36.4. The highest BCUT2D eigenvalue weighted by Gasteiger charge is 2.36. The number of nitrogens with two attached hydrogens (primary N) is 1.